The first-order valence-corrected chi connectivity index (χ1v) is 10.2. The van der Waals surface area contributed by atoms with Gasteiger partial charge in [-0.3, -0.25) is 4.79 Å². The summed E-state index contributed by atoms with van der Waals surface area (Å²) >= 11 is 0. The first-order valence-electron chi connectivity index (χ1n) is 8.71. The molecule has 0 aliphatic rings. The monoisotopic (exact) mass is 414 g/mol. The van der Waals surface area contributed by atoms with E-state index in [1.807, 2.05) is 0 Å². The Balaban J connectivity index is 1.61. The van der Waals surface area contributed by atoms with Crippen molar-refractivity contribution in [3.8, 4) is 0 Å². The Bertz CT molecular complexity index is 1120. The lowest BCUT2D eigenvalue weighted by molar-refractivity contribution is -0.111. The van der Waals surface area contributed by atoms with E-state index in [-0.39, 0.29) is 23.2 Å². The summed E-state index contributed by atoms with van der Waals surface area (Å²) in [6.07, 6.45) is 4.35. The number of halogens is 1. The highest BCUT2D eigenvalue weighted by Crippen LogP contribution is 2.16. The second kappa shape index (κ2) is 8.85. The molecule has 0 spiro atoms. The first-order chi connectivity index (χ1) is 13.8. The van der Waals surface area contributed by atoms with E-state index in [1.54, 1.807) is 37.3 Å². The molecule has 0 fully saturated rings. The predicted molar refractivity (Wildman–Crippen MR) is 108 cm³/mol. The number of carbonyl (C=O) groups excluding carboxylic acids is 1. The van der Waals surface area contributed by atoms with Crippen LogP contribution in [-0.4, -0.2) is 14.3 Å². The molecule has 1 heterocycles. The van der Waals surface area contributed by atoms with Crippen molar-refractivity contribution in [2.24, 2.45) is 0 Å². The molecule has 8 heteroatoms. The van der Waals surface area contributed by atoms with Crippen LogP contribution in [0.25, 0.3) is 6.08 Å². The minimum atomic E-state index is -3.68. The topological polar surface area (TPSA) is 88.4 Å². The summed E-state index contributed by atoms with van der Waals surface area (Å²) < 4.78 is 45.3. The molecule has 2 N–H and O–H groups in total. The summed E-state index contributed by atoms with van der Waals surface area (Å²) in [5.41, 5.74) is 1.79. The van der Waals surface area contributed by atoms with E-state index in [1.165, 1.54) is 42.7 Å². The molecule has 0 bridgehead atoms. The van der Waals surface area contributed by atoms with Crippen LogP contribution in [0, 0.1) is 12.7 Å². The summed E-state index contributed by atoms with van der Waals surface area (Å²) in [6, 6.07) is 13.5. The maximum absolute atomic E-state index is 13.1. The zero-order chi connectivity index (χ0) is 20.9. The fourth-order valence-electron chi connectivity index (χ4n) is 2.53. The first kappa shape index (κ1) is 20.5. The zero-order valence-electron chi connectivity index (χ0n) is 15.6. The highest BCUT2D eigenvalue weighted by molar-refractivity contribution is 7.89. The van der Waals surface area contributed by atoms with Gasteiger partial charge in [0.1, 0.15) is 11.6 Å². The van der Waals surface area contributed by atoms with E-state index >= 15 is 0 Å². The molecule has 0 atom stereocenters. The van der Waals surface area contributed by atoms with Crippen LogP contribution in [0.15, 0.2) is 76.2 Å². The molecular formula is C21H19FN2O4S. The van der Waals surface area contributed by atoms with E-state index < -0.39 is 10.0 Å². The molecule has 0 radical (unpaired) electrons. The number of furan rings is 1. The van der Waals surface area contributed by atoms with Gasteiger partial charge in [0.2, 0.25) is 15.9 Å². The van der Waals surface area contributed by atoms with Crippen LogP contribution < -0.4 is 10.0 Å². The fourth-order valence-corrected chi connectivity index (χ4v) is 3.53. The van der Waals surface area contributed by atoms with Crippen molar-refractivity contribution in [3.05, 3.63) is 89.6 Å². The average Bonchev–Trinajstić information content (AvgIpc) is 3.21. The molecule has 150 valence electrons. The van der Waals surface area contributed by atoms with Gasteiger partial charge in [0.05, 0.1) is 17.7 Å². The van der Waals surface area contributed by atoms with Gasteiger partial charge in [0, 0.05) is 11.8 Å². The molecule has 1 aromatic heterocycles. The van der Waals surface area contributed by atoms with E-state index in [0.717, 1.165) is 0 Å². The lowest BCUT2D eigenvalue weighted by Gasteiger charge is -2.06. The Kier molecular flexibility index (Phi) is 6.26. The molecule has 0 saturated carbocycles. The van der Waals surface area contributed by atoms with Crippen LogP contribution in [0.3, 0.4) is 0 Å². The third kappa shape index (κ3) is 5.63. The predicted octanol–water partition coefficient (Wildman–Crippen LogP) is 3.86. The zero-order valence-corrected chi connectivity index (χ0v) is 16.4. The Hall–Kier alpha value is -3.23. The third-order valence-electron chi connectivity index (χ3n) is 4.08. The third-order valence-corrected chi connectivity index (χ3v) is 5.50. The van der Waals surface area contributed by atoms with Gasteiger partial charge in [0.25, 0.3) is 0 Å². The van der Waals surface area contributed by atoms with Crippen LogP contribution in [0.1, 0.15) is 16.9 Å². The maximum Gasteiger partial charge on any atom is 0.248 e. The van der Waals surface area contributed by atoms with Gasteiger partial charge in [0.15, 0.2) is 0 Å². The number of benzene rings is 2. The van der Waals surface area contributed by atoms with Crippen LogP contribution in [0.5, 0.6) is 0 Å². The molecule has 29 heavy (non-hydrogen) atoms. The molecule has 0 saturated heterocycles. The van der Waals surface area contributed by atoms with Gasteiger partial charge in [-0.25, -0.2) is 17.5 Å². The molecule has 1 amide bonds. The molecule has 2 aromatic carbocycles. The number of nitrogens with one attached hydrogen (secondary N) is 2. The number of amides is 1. The summed E-state index contributed by atoms with van der Waals surface area (Å²) in [5.74, 6) is -0.239. The normalized spacial score (nSPS) is 11.7. The second-order valence-electron chi connectivity index (χ2n) is 6.25. The van der Waals surface area contributed by atoms with Crippen molar-refractivity contribution in [1.29, 1.82) is 0 Å². The Labute approximate surface area is 168 Å². The van der Waals surface area contributed by atoms with Gasteiger partial charge in [-0.15, -0.1) is 0 Å². The Morgan fingerprint density at radius 3 is 2.55 bits per heavy atom. The molecule has 3 rings (SSSR count). The van der Waals surface area contributed by atoms with Gasteiger partial charge >= 0.3 is 0 Å². The smallest absolute Gasteiger partial charge is 0.248 e. The van der Waals surface area contributed by atoms with Gasteiger partial charge in [-0.05, 0) is 66.6 Å². The SMILES string of the molecule is Cc1cc(F)ccc1NC(=O)/C=C/c1ccc(S(=O)(=O)NCc2ccco2)cc1. The summed E-state index contributed by atoms with van der Waals surface area (Å²) in [6.45, 7) is 1.75. The summed E-state index contributed by atoms with van der Waals surface area (Å²) in [4.78, 5) is 12.1. The minimum Gasteiger partial charge on any atom is -0.468 e. The van der Waals surface area contributed by atoms with Crippen LogP contribution in [0.2, 0.25) is 0 Å². The van der Waals surface area contributed by atoms with E-state index in [4.69, 9.17) is 4.42 Å². The number of anilines is 1. The average molecular weight is 414 g/mol. The lowest BCUT2D eigenvalue weighted by atomic mass is 10.2. The molecule has 0 unspecified atom stereocenters. The van der Waals surface area contributed by atoms with Crippen molar-refractivity contribution in [2.75, 3.05) is 5.32 Å². The van der Waals surface area contributed by atoms with E-state index in [9.17, 15) is 17.6 Å². The van der Waals surface area contributed by atoms with Gasteiger partial charge in [-0.2, -0.15) is 0 Å². The number of carbonyl (C=O) groups is 1. The van der Waals surface area contributed by atoms with E-state index in [2.05, 4.69) is 10.0 Å². The molecule has 6 nitrogen and oxygen atoms in total. The molecule has 0 aliphatic carbocycles. The number of hydrogen-bond donors (Lipinski definition) is 2. The number of rotatable bonds is 7. The van der Waals surface area contributed by atoms with Crippen molar-refractivity contribution in [2.45, 2.75) is 18.4 Å². The fraction of sp³-hybridized carbons (Fsp3) is 0.0952. The minimum absolute atomic E-state index is 0.0555. The van der Waals surface area contributed by atoms with Gasteiger partial charge in [-0.1, -0.05) is 12.1 Å². The van der Waals surface area contributed by atoms with E-state index in [0.29, 0.717) is 22.6 Å². The van der Waals surface area contributed by atoms with Gasteiger partial charge < -0.3 is 9.73 Å². The summed E-state index contributed by atoms with van der Waals surface area (Å²) in [7, 11) is -3.68. The highest BCUT2D eigenvalue weighted by atomic mass is 32.2. The maximum atomic E-state index is 13.1. The lowest BCUT2D eigenvalue weighted by Crippen LogP contribution is -2.22. The molecular weight excluding hydrogens is 395 g/mol. The molecule has 3 aromatic rings. The van der Waals surface area contributed by atoms with Crippen molar-refractivity contribution >= 4 is 27.7 Å². The standard InChI is InChI=1S/C21H19FN2O4S/c1-15-13-17(22)7-10-20(15)24-21(25)11-6-16-4-8-19(9-5-16)29(26,27)23-14-18-3-2-12-28-18/h2-13,23H,14H2,1H3,(H,24,25)/b11-6+. The number of hydrogen-bond acceptors (Lipinski definition) is 4. The van der Waals surface area contributed by atoms with Crippen molar-refractivity contribution in [1.82, 2.24) is 4.72 Å². The number of sulfonamides is 1. The van der Waals surface area contributed by atoms with Crippen LogP contribution >= 0.6 is 0 Å². The number of aryl methyl sites for hydroxylation is 1. The Morgan fingerprint density at radius 1 is 1.14 bits per heavy atom. The van der Waals surface area contributed by atoms with Crippen LogP contribution in [0.4, 0.5) is 10.1 Å². The highest BCUT2D eigenvalue weighted by Gasteiger charge is 2.14. The van der Waals surface area contributed by atoms with Crippen LogP contribution in [-0.2, 0) is 21.4 Å². The summed E-state index contributed by atoms with van der Waals surface area (Å²) in [5, 5.41) is 2.67. The van der Waals surface area contributed by atoms with Crippen molar-refractivity contribution in [3.63, 3.8) is 0 Å². The largest absolute Gasteiger partial charge is 0.468 e. The second-order valence-corrected chi connectivity index (χ2v) is 8.02. The molecule has 0 aliphatic heterocycles. The Morgan fingerprint density at radius 2 is 1.90 bits per heavy atom. The van der Waals surface area contributed by atoms with Crippen molar-refractivity contribution < 1.29 is 22.0 Å². The quantitative estimate of drug-likeness (QED) is 0.575.